The average molecular weight is 349 g/mol. The number of pyridine rings is 1. The number of aryl methyl sites for hydroxylation is 1. The molecule has 0 atom stereocenters. The van der Waals surface area contributed by atoms with Gasteiger partial charge < -0.3 is 10.1 Å². The van der Waals surface area contributed by atoms with E-state index in [0.29, 0.717) is 17.0 Å². The zero-order valence-corrected chi connectivity index (χ0v) is 14.8. The average Bonchev–Trinajstić information content (AvgIpc) is 3.03. The number of imidazole rings is 1. The molecule has 3 rings (SSSR count). The Labute approximate surface area is 151 Å². The maximum absolute atomic E-state index is 12.5. The summed E-state index contributed by atoms with van der Waals surface area (Å²) in [6.07, 6.45) is 4.95. The van der Waals surface area contributed by atoms with Crippen molar-refractivity contribution in [1.82, 2.24) is 9.38 Å². The summed E-state index contributed by atoms with van der Waals surface area (Å²) in [4.78, 5) is 28.2. The third-order valence-corrected chi connectivity index (χ3v) is 3.95. The minimum atomic E-state index is -0.232. The second-order valence-electron chi connectivity index (χ2n) is 5.84. The number of fused-ring (bicyclic) bond motifs is 1. The molecule has 0 bridgehead atoms. The minimum absolute atomic E-state index is 0.178. The summed E-state index contributed by atoms with van der Waals surface area (Å²) >= 11 is 0. The Bertz CT molecular complexity index is 1020. The number of hydrogen-bond donors (Lipinski definition) is 1. The smallest absolute Gasteiger partial charge is 0.221 e. The molecular formula is C20H19N3O3. The Hall–Kier alpha value is -3.41. The molecule has 1 N–H and O–H groups in total. The van der Waals surface area contributed by atoms with Gasteiger partial charge in [-0.25, -0.2) is 4.98 Å². The summed E-state index contributed by atoms with van der Waals surface area (Å²) in [6, 6.07) is 10.8. The van der Waals surface area contributed by atoms with Gasteiger partial charge in [-0.15, -0.1) is 0 Å². The first kappa shape index (κ1) is 17.4. The van der Waals surface area contributed by atoms with Gasteiger partial charge in [-0.1, -0.05) is 6.07 Å². The van der Waals surface area contributed by atoms with Crippen molar-refractivity contribution in [1.29, 1.82) is 0 Å². The summed E-state index contributed by atoms with van der Waals surface area (Å²) in [7, 11) is 1.51. The highest BCUT2D eigenvalue weighted by Crippen LogP contribution is 2.26. The third kappa shape index (κ3) is 3.49. The molecule has 1 aromatic carbocycles. The molecule has 132 valence electrons. The normalized spacial score (nSPS) is 11.0. The van der Waals surface area contributed by atoms with Gasteiger partial charge in [0.15, 0.2) is 5.78 Å². The Morgan fingerprint density at radius 1 is 1.23 bits per heavy atom. The van der Waals surface area contributed by atoms with Crippen LogP contribution in [0.4, 0.5) is 5.69 Å². The third-order valence-electron chi connectivity index (χ3n) is 3.95. The van der Waals surface area contributed by atoms with Crippen molar-refractivity contribution >= 4 is 29.1 Å². The van der Waals surface area contributed by atoms with Gasteiger partial charge in [-0.3, -0.25) is 14.0 Å². The van der Waals surface area contributed by atoms with Crippen LogP contribution in [0, 0.1) is 6.92 Å². The number of methoxy groups -OCH3 is 1. The van der Waals surface area contributed by atoms with E-state index >= 15 is 0 Å². The highest BCUT2D eigenvalue weighted by atomic mass is 16.5. The van der Waals surface area contributed by atoms with Crippen molar-refractivity contribution in [2.45, 2.75) is 13.8 Å². The molecule has 0 saturated heterocycles. The van der Waals surface area contributed by atoms with Gasteiger partial charge in [-0.2, -0.15) is 0 Å². The molecule has 1 amide bonds. The largest absolute Gasteiger partial charge is 0.495 e. The van der Waals surface area contributed by atoms with Crippen LogP contribution in [0.3, 0.4) is 0 Å². The molecule has 3 aromatic rings. The molecule has 0 aliphatic carbocycles. The molecule has 0 aliphatic heterocycles. The number of nitrogens with one attached hydrogen (secondary N) is 1. The second kappa shape index (κ2) is 7.23. The van der Waals surface area contributed by atoms with E-state index in [0.717, 1.165) is 17.0 Å². The van der Waals surface area contributed by atoms with Gasteiger partial charge in [0, 0.05) is 18.2 Å². The minimum Gasteiger partial charge on any atom is -0.495 e. The van der Waals surface area contributed by atoms with Crippen LogP contribution in [0.25, 0.3) is 11.7 Å². The molecular weight excluding hydrogens is 330 g/mol. The topological polar surface area (TPSA) is 72.7 Å². The number of ether oxygens (including phenoxy) is 1. The van der Waals surface area contributed by atoms with Crippen LogP contribution in [0.15, 0.2) is 48.7 Å². The maximum Gasteiger partial charge on any atom is 0.221 e. The number of amides is 1. The van der Waals surface area contributed by atoms with Crippen LogP contribution in [-0.4, -0.2) is 28.2 Å². The van der Waals surface area contributed by atoms with E-state index in [1.165, 1.54) is 20.1 Å². The lowest BCUT2D eigenvalue weighted by Crippen LogP contribution is -2.08. The quantitative estimate of drug-likeness (QED) is 0.565. The summed E-state index contributed by atoms with van der Waals surface area (Å²) in [6.45, 7) is 3.39. The number of nitrogens with zero attached hydrogens (tertiary/aromatic N) is 2. The molecule has 0 spiro atoms. The van der Waals surface area contributed by atoms with Crippen LogP contribution < -0.4 is 10.1 Å². The number of anilines is 1. The van der Waals surface area contributed by atoms with Gasteiger partial charge in [0.2, 0.25) is 5.91 Å². The number of carbonyl (C=O) groups excluding carboxylic acids is 2. The highest BCUT2D eigenvalue weighted by Gasteiger charge is 2.10. The lowest BCUT2D eigenvalue weighted by Gasteiger charge is -2.09. The lowest BCUT2D eigenvalue weighted by molar-refractivity contribution is -0.114. The van der Waals surface area contributed by atoms with Crippen molar-refractivity contribution in [3.05, 3.63) is 65.6 Å². The highest BCUT2D eigenvalue weighted by molar-refractivity contribution is 6.08. The summed E-state index contributed by atoms with van der Waals surface area (Å²) in [5, 5.41) is 2.67. The molecule has 2 heterocycles. The number of allylic oxidation sites excluding steroid dienone is 1. The van der Waals surface area contributed by atoms with Gasteiger partial charge in [0.25, 0.3) is 0 Å². The summed E-state index contributed by atoms with van der Waals surface area (Å²) < 4.78 is 7.18. The van der Waals surface area contributed by atoms with Crippen LogP contribution in [0.5, 0.6) is 5.75 Å². The number of hydrogen-bond acceptors (Lipinski definition) is 4. The first-order chi connectivity index (χ1) is 12.5. The number of ketones is 1. The number of aromatic nitrogens is 2. The van der Waals surface area contributed by atoms with Gasteiger partial charge in [0.05, 0.1) is 24.7 Å². The van der Waals surface area contributed by atoms with E-state index in [9.17, 15) is 9.59 Å². The SMILES string of the molecule is COc1ccc(C(=O)/C=C/c2cnc3cccc(C)n23)cc1NC(C)=O. The fourth-order valence-corrected chi connectivity index (χ4v) is 2.75. The van der Waals surface area contributed by atoms with E-state index in [1.54, 1.807) is 30.5 Å². The molecule has 6 heteroatoms. The molecule has 2 aromatic heterocycles. The zero-order valence-electron chi connectivity index (χ0n) is 14.8. The molecule has 6 nitrogen and oxygen atoms in total. The van der Waals surface area contributed by atoms with E-state index in [4.69, 9.17) is 4.74 Å². The molecule has 0 radical (unpaired) electrons. The molecule has 26 heavy (non-hydrogen) atoms. The van der Waals surface area contributed by atoms with Crippen molar-refractivity contribution in [2.75, 3.05) is 12.4 Å². The molecule has 0 saturated carbocycles. The van der Waals surface area contributed by atoms with Crippen LogP contribution in [0.2, 0.25) is 0 Å². The first-order valence-corrected chi connectivity index (χ1v) is 8.10. The van der Waals surface area contributed by atoms with E-state index in [-0.39, 0.29) is 11.7 Å². The molecule has 0 aliphatic rings. The van der Waals surface area contributed by atoms with E-state index in [2.05, 4.69) is 10.3 Å². The Morgan fingerprint density at radius 2 is 2.04 bits per heavy atom. The van der Waals surface area contributed by atoms with Crippen molar-refractivity contribution in [3.8, 4) is 5.75 Å². The number of rotatable bonds is 5. The number of carbonyl (C=O) groups is 2. The van der Waals surface area contributed by atoms with E-state index < -0.39 is 0 Å². The van der Waals surface area contributed by atoms with Crippen LogP contribution in [-0.2, 0) is 4.79 Å². The zero-order chi connectivity index (χ0) is 18.7. The molecule has 0 fully saturated rings. The second-order valence-corrected chi connectivity index (χ2v) is 5.84. The van der Waals surface area contributed by atoms with Gasteiger partial charge in [-0.05, 0) is 49.4 Å². The Kier molecular flexibility index (Phi) is 4.84. The Balaban J connectivity index is 1.89. The summed E-state index contributed by atoms with van der Waals surface area (Å²) in [5.41, 5.74) is 3.60. The maximum atomic E-state index is 12.5. The summed E-state index contributed by atoms with van der Waals surface area (Å²) in [5.74, 6) is 0.0885. The first-order valence-electron chi connectivity index (χ1n) is 8.10. The van der Waals surface area contributed by atoms with Crippen LogP contribution in [0.1, 0.15) is 28.7 Å². The number of benzene rings is 1. The molecule has 0 unspecified atom stereocenters. The van der Waals surface area contributed by atoms with E-state index in [1.807, 2.05) is 29.5 Å². The fraction of sp³-hybridized carbons (Fsp3) is 0.150. The monoisotopic (exact) mass is 349 g/mol. The lowest BCUT2D eigenvalue weighted by atomic mass is 10.1. The van der Waals surface area contributed by atoms with Crippen molar-refractivity contribution in [3.63, 3.8) is 0 Å². The predicted octanol–water partition coefficient (Wildman–Crippen LogP) is 3.51. The standard InChI is InChI=1S/C20H19N3O3/c1-13-5-4-6-20-21-12-16(23(13)20)8-9-18(25)15-7-10-19(26-3)17(11-15)22-14(2)24/h4-12H,1-3H3,(H,22,24)/b9-8+. The van der Waals surface area contributed by atoms with Gasteiger partial charge in [0.1, 0.15) is 11.4 Å². The fourth-order valence-electron chi connectivity index (χ4n) is 2.75. The van der Waals surface area contributed by atoms with Crippen molar-refractivity contribution in [2.24, 2.45) is 0 Å². The Morgan fingerprint density at radius 3 is 2.77 bits per heavy atom. The van der Waals surface area contributed by atoms with Gasteiger partial charge >= 0.3 is 0 Å². The van der Waals surface area contributed by atoms with Crippen LogP contribution >= 0.6 is 0 Å². The van der Waals surface area contributed by atoms with Crippen molar-refractivity contribution < 1.29 is 14.3 Å². The predicted molar refractivity (Wildman–Crippen MR) is 101 cm³/mol.